The summed E-state index contributed by atoms with van der Waals surface area (Å²) < 4.78 is 0. The lowest BCUT2D eigenvalue weighted by Gasteiger charge is -2.28. The van der Waals surface area contributed by atoms with Gasteiger partial charge in [-0.2, -0.15) is 0 Å². The molecule has 1 unspecified atom stereocenters. The molecule has 78 valence electrons. The Morgan fingerprint density at radius 2 is 2.00 bits per heavy atom. The molecule has 0 aromatic heterocycles. The molecule has 6 heteroatoms. The van der Waals surface area contributed by atoms with Crippen molar-refractivity contribution in [3.8, 4) is 0 Å². The molecule has 1 heterocycles. The summed E-state index contributed by atoms with van der Waals surface area (Å²) in [5.41, 5.74) is 0. The summed E-state index contributed by atoms with van der Waals surface area (Å²) >= 11 is 0. The highest BCUT2D eigenvalue weighted by molar-refractivity contribution is 5.85. The van der Waals surface area contributed by atoms with Crippen molar-refractivity contribution >= 4 is 18.4 Å². The van der Waals surface area contributed by atoms with Crippen LogP contribution in [0.3, 0.4) is 0 Å². The number of hydrogen-bond acceptors (Lipinski definition) is 3. The molecular weight excluding hydrogens is 194 g/mol. The second-order valence-corrected chi connectivity index (χ2v) is 3.19. The number of carbonyl (C=O) groups is 1. The van der Waals surface area contributed by atoms with Gasteiger partial charge in [-0.1, -0.05) is 0 Å². The summed E-state index contributed by atoms with van der Waals surface area (Å²) in [6.07, 6.45) is 0.0367. The van der Waals surface area contributed by atoms with Gasteiger partial charge in [0.1, 0.15) is 0 Å². The lowest BCUT2D eigenvalue weighted by molar-refractivity contribution is -0.0291. The Hall–Kier alpha value is -0.520. The van der Waals surface area contributed by atoms with Crippen LogP contribution in [0.1, 0.15) is 6.92 Å². The fourth-order valence-corrected chi connectivity index (χ4v) is 1.17. The number of hydroxylamine groups is 2. The predicted molar refractivity (Wildman–Crippen MR) is 51.0 cm³/mol. The summed E-state index contributed by atoms with van der Waals surface area (Å²) in [5, 5.41) is 9.77. The number of halogens is 1. The maximum absolute atomic E-state index is 11.2. The third-order valence-electron chi connectivity index (χ3n) is 2.22. The smallest absolute Gasteiger partial charge is 0.306 e. The first kappa shape index (κ1) is 12.5. The SMILES string of the molecule is CC(N(C)C)N1CCN(O)C1=O.Cl. The number of rotatable bonds is 2. The van der Waals surface area contributed by atoms with Crippen molar-refractivity contribution in [3.05, 3.63) is 0 Å². The van der Waals surface area contributed by atoms with Crippen LogP contribution >= 0.6 is 12.4 Å². The van der Waals surface area contributed by atoms with Gasteiger partial charge in [-0.25, -0.2) is 9.86 Å². The van der Waals surface area contributed by atoms with Crippen LogP contribution in [-0.4, -0.2) is 59.5 Å². The van der Waals surface area contributed by atoms with Gasteiger partial charge in [0.2, 0.25) is 0 Å². The van der Waals surface area contributed by atoms with Crippen molar-refractivity contribution < 1.29 is 10.0 Å². The Bertz CT molecular complexity index is 189. The highest BCUT2D eigenvalue weighted by atomic mass is 35.5. The number of nitrogens with zero attached hydrogens (tertiary/aromatic N) is 3. The Labute approximate surface area is 84.3 Å². The zero-order valence-corrected chi connectivity index (χ0v) is 8.91. The molecule has 1 aliphatic heterocycles. The molecule has 5 nitrogen and oxygen atoms in total. The Morgan fingerprint density at radius 1 is 1.46 bits per heavy atom. The van der Waals surface area contributed by atoms with Crippen LogP contribution in [0.5, 0.6) is 0 Å². The first-order valence-corrected chi connectivity index (χ1v) is 3.97. The monoisotopic (exact) mass is 209 g/mol. The van der Waals surface area contributed by atoms with E-state index in [9.17, 15) is 4.79 Å². The second-order valence-electron chi connectivity index (χ2n) is 3.19. The Kier molecular flexibility index (Phi) is 4.46. The molecule has 0 spiro atoms. The van der Waals surface area contributed by atoms with E-state index >= 15 is 0 Å². The van der Waals surface area contributed by atoms with Gasteiger partial charge >= 0.3 is 6.03 Å². The van der Waals surface area contributed by atoms with Crippen molar-refractivity contribution in [1.82, 2.24) is 14.9 Å². The van der Waals surface area contributed by atoms with E-state index in [2.05, 4.69) is 0 Å². The summed E-state index contributed by atoms with van der Waals surface area (Å²) in [4.78, 5) is 14.8. The molecule has 0 bridgehead atoms. The molecule has 0 radical (unpaired) electrons. The molecule has 1 aliphatic rings. The first-order chi connectivity index (χ1) is 5.54. The molecule has 1 saturated heterocycles. The van der Waals surface area contributed by atoms with Crippen LogP contribution < -0.4 is 0 Å². The van der Waals surface area contributed by atoms with Gasteiger partial charge in [0.05, 0.1) is 12.7 Å². The third-order valence-corrected chi connectivity index (χ3v) is 2.22. The standard InChI is InChI=1S/C7H15N3O2.ClH/c1-6(8(2)3)9-4-5-10(12)7(9)11;/h6,12H,4-5H2,1-3H3;1H. The molecule has 1 atom stereocenters. The summed E-state index contributed by atoms with van der Waals surface area (Å²) in [5.74, 6) is 0. The maximum Gasteiger partial charge on any atom is 0.345 e. The van der Waals surface area contributed by atoms with E-state index in [4.69, 9.17) is 5.21 Å². The Balaban J connectivity index is 0.00000144. The van der Waals surface area contributed by atoms with Crippen LogP contribution in [0, 0.1) is 0 Å². The minimum atomic E-state index is -0.309. The lowest BCUT2D eigenvalue weighted by atomic mass is 10.4. The highest BCUT2D eigenvalue weighted by Crippen LogP contribution is 2.10. The quantitative estimate of drug-likeness (QED) is 0.672. The molecule has 0 aromatic rings. The van der Waals surface area contributed by atoms with E-state index in [1.165, 1.54) is 0 Å². The minimum absolute atomic E-state index is 0. The number of hydrogen-bond donors (Lipinski definition) is 1. The van der Waals surface area contributed by atoms with E-state index in [0.29, 0.717) is 13.1 Å². The van der Waals surface area contributed by atoms with Gasteiger partial charge in [0, 0.05) is 6.54 Å². The number of amides is 2. The van der Waals surface area contributed by atoms with Gasteiger partial charge < -0.3 is 4.90 Å². The van der Waals surface area contributed by atoms with Crippen molar-refractivity contribution in [3.63, 3.8) is 0 Å². The van der Waals surface area contributed by atoms with Crippen LogP contribution in [0.25, 0.3) is 0 Å². The second kappa shape index (κ2) is 4.64. The average Bonchev–Trinajstić information content (AvgIpc) is 2.32. The molecule has 0 saturated carbocycles. The molecule has 0 aliphatic carbocycles. The third kappa shape index (κ3) is 2.46. The summed E-state index contributed by atoms with van der Waals surface area (Å²) in [6, 6.07) is -0.309. The summed E-state index contributed by atoms with van der Waals surface area (Å²) in [6.45, 7) is 2.92. The van der Waals surface area contributed by atoms with Crippen LogP contribution in [0.4, 0.5) is 4.79 Å². The van der Waals surface area contributed by atoms with Crippen molar-refractivity contribution in [2.24, 2.45) is 0 Å². The molecule has 1 fully saturated rings. The Morgan fingerprint density at radius 3 is 2.31 bits per heavy atom. The van der Waals surface area contributed by atoms with E-state index in [1.807, 2.05) is 25.9 Å². The normalized spacial score (nSPS) is 19.3. The lowest BCUT2D eigenvalue weighted by Crippen LogP contribution is -2.44. The van der Waals surface area contributed by atoms with Gasteiger partial charge in [-0.15, -0.1) is 12.4 Å². The topological polar surface area (TPSA) is 47.0 Å². The molecular formula is C7H16ClN3O2. The number of urea groups is 1. The fraction of sp³-hybridized carbons (Fsp3) is 0.857. The van der Waals surface area contributed by atoms with Gasteiger partial charge in [-0.3, -0.25) is 10.1 Å². The average molecular weight is 210 g/mol. The van der Waals surface area contributed by atoms with E-state index in [0.717, 1.165) is 5.06 Å². The molecule has 0 aromatic carbocycles. The van der Waals surface area contributed by atoms with Gasteiger partial charge in [0.15, 0.2) is 0 Å². The van der Waals surface area contributed by atoms with Crippen molar-refractivity contribution in [1.29, 1.82) is 0 Å². The first-order valence-electron chi connectivity index (χ1n) is 3.97. The molecule has 13 heavy (non-hydrogen) atoms. The predicted octanol–water partition coefficient (Wildman–Crippen LogP) is 0.443. The van der Waals surface area contributed by atoms with Gasteiger partial charge in [-0.05, 0) is 21.0 Å². The minimum Gasteiger partial charge on any atom is -0.306 e. The van der Waals surface area contributed by atoms with Crippen molar-refractivity contribution in [2.75, 3.05) is 27.2 Å². The maximum atomic E-state index is 11.2. The molecule has 1 rings (SSSR count). The number of carbonyl (C=O) groups excluding carboxylic acids is 1. The zero-order chi connectivity index (χ0) is 9.30. The fourth-order valence-electron chi connectivity index (χ4n) is 1.17. The van der Waals surface area contributed by atoms with E-state index in [-0.39, 0.29) is 24.6 Å². The molecule has 2 amide bonds. The van der Waals surface area contributed by atoms with E-state index in [1.54, 1.807) is 4.90 Å². The van der Waals surface area contributed by atoms with Crippen LogP contribution in [0.15, 0.2) is 0 Å². The largest absolute Gasteiger partial charge is 0.345 e. The molecule has 1 N–H and O–H groups in total. The van der Waals surface area contributed by atoms with Gasteiger partial charge in [0.25, 0.3) is 0 Å². The zero-order valence-electron chi connectivity index (χ0n) is 8.10. The van der Waals surface area contributed by atoms with Crippen LogP contribution in [-0.2, 0) is 0 Å². The highest BCUT2D eigenvalue weighted by Gasteiger charge is 2.31. The van der Waals surface area contributed by atoms with Crippen LogP contribution in [0.2, 0.25) is 0 Å². The summed E-state index contributed by atoms with van der Waals surface area (Å²) in [7, 11) is 3.80. The van der Waals surface area contributed by atoms with Crippen molar-refractivity contribution in [2.45, 2.75) is 13.1 Å². The van der Waals surface area contributed by atoms with E-state index < -0.39 is 0 Å².